The zero-order chi connectivity index (χ0) is 23.8. The molecule has 1 saturated heterocycles. The Bertz CT molecular complexity index is 930. The summed E-state index contributed by atoms with van der Waals surface area (Å²) in [6, 6.07) is 0. The largest absolute Gasteiger partial charge is 0.490 e. The highest BCUT2D eigenvalue weighted by Crippen LogP contribution is 2.66. The Balaban J connectivity index is 2.02. The highest BCUT2D eigenvalue weighted by molar-refractivity contribution is 7.66. The SMILES string of the molecule is C=CN1C(=C)N([C@H]2C[C@@H](O)[C@@H](COP(=O)(O)OP(=O)(O)OP(=O)(O)O)O2)C=C(C)C1=O. The van der Waals surface area contributed by atoms with E-state index in [1.54, 1.807) is 0 Å². The number of phosphoric acid groups is 3. The first kappa shape index (κ1) is 26.1. The van der Waals surface area contributed by atoms with Crippen LogP contribution in [0.3, 0.4) is 0 Å². The third-order valence-corrected chi connectivity index (χ3v) is 7.78. The minimum atomic E-state index is -5.66. The lowest BCUT2D eigenvalue weighted by atomic mass is 10.1. The van der Waals surface area contributed by atoms with Gasteiger partial charge in [0.15, 0.2) is 0 Å². The van der Waals surface area contributed by atoms with Crippen LogP contribution in [0, 0.1) is 0 Å². The van der Waals surface area contributed by atoms with Crippen molar-refractivity contribution in [3.05, 3.63) is 37.0 Å². The average Bonchev–Trinajstić information content (AvgIpc) is 2.94. The molecule has 0 aromatic carbocycles. The predicted octanol–water partition coefficient (Wildman–Crippen LogP) is 0.468. The number of carbonyl (C=O) groups is 1. The third kappa shape index (κ3) is 6.90. The van der Waals surface area contributed by atoms with Gasteiger partial charge in [-0.2, -0.15) is 8.62 Å². The molecule has 18 heteroatoms. The standard InChI is InChI=1S/C13H21N2O13P3/c1-4-14-9(3)15(6-8(2)13(14)17)12-5-10(16)11(26-12)7-25-30(21,22)28-31(23,24)27-29(18,19)20/h4,6,10-12,16H,1,3,5,7H2,2H3,(H,21,22)(H,23,24)(H2,18,19,20)/t10-,11-,12-/m1/s1. The van der Waals surface area contributed by atoms with Gasteiger partial charge in [-0.3, -0.25) is 14.2 Å². The number of phosphoric ester groups is 1. The zero-order valence-electron chi connectivity index (χ0n) is 16.0. The summed E-state index contributed by atoms with van der Waals surface area (Å²) in [4.78, 5) is 50.3. The lowest BCUT2D eigenvalue weighted by Crippen LogP contribution is -2.43. The number of aliphatic hydroxyl groups excluding tert-OH is 1. The van der Waals surface area contributed by atoms with Crippen molar-refractivity contribution in [1.29, 1.82) is 0 Å². The van der Waals surface area contributed by atoms with Gasteiger partial charge in [0.25, 0.3) is 5.91 Å². The van der Waals surface area contributed by atoms with Crippen LogP contribution < -0.4 is 0 Å². The lowest BCUT2D eigenvalue weighted by molar-refractivity contribution is -0.126. The fourth-order valence-corrected chi connectivity index (χ4v) is 5.74. The van der Waals surface area contributed by atoms with Gasteiger partial charge in [0.1, 0.15) is 18.2 Å². The van der Waals surface area contributed by atoms with Crippen LogP contribution in [0.1, 0.15) is 13.3 Å². The molecular weight excluding hydrogens is 485 g/mol. The van der Waals surface area contributed by atoms with Crippen LogP contribution in [0.25, 0.3) is 0 Å². The van der Waals surface area contributed by atoms with E-state index in [4.69, 9.17) is 19.4 Å². The van der Waals surface area contributed by atoms with E-state index in [1.165, 1.54) is 24.2 Å². The van der Waals surface area contributed by atoms with Crippen molar-refractivity contribution in [1.82, 2.24) is 9.80 Å². The van der Waals surface area contributed by atoms with Crippen molar-refractivity contribution < 1.29 is 61.1 Å². The van der Waals surface area contributed by atoms with Gasteiger partial charge >= 0.3 is 23.5 Å². The van der Waals surface area contributed by atoms with Crippen LogP contribution in [-0.4, -0.2) is 65.4 Å². The molecule has 0 aromatic rings. The van der Waals surface area contributed by atoms with Gasteiger partial charge in [0.2, 0.25) is 0 Å². The molecule has 2 unspecified atom stereocenters. The van der Waals surface area contributed by atoms with E-state index >= 15 is 0 Å². The van der Waals surface area contributed by atoms with Crippen molar-refractivity contribution in [2.45, 2.75) is 31.8 Å². The van der Waals surface area contributed by atoms with Crippen LogP contribution in [0.2, 0.25) is 0 Å². The minimum absolute atomic E-state index is 0.0353. The van der Waals surface area contributed by atoms with Gasteiger partial charge in [-0.25, -0.2) is 13.7 Å². The highest BCUT2D eigenvalue weighted by atomic mass is 31.3. The molecule has 176 valence electrons. The molecule has 2 aliphatic heterocycles. The fourth-order valence-electron chi connectivity index (χ4n) is 2.71. The normalized spacial score (nSPS) is 28.8. The summed E-state index contributed by atoms with van der Waals surface area (Å²) in [5.41, 5.74) is 0.321. The predicted molar refractivity (Wildman–Crippen MR) is 101 cm³/mol. The van der Waals surface area contributed by atoms with Crippen LogP contribution >= 0.6 is 23.5 Å². The van der Waals surface area contributed by atoms with Crippen molar-refractivity contribution in [2.24, 2.45) is 0 Å². The van der Waals surface area contributed by atoms with Crippen LogP contribution in [-0.2, 0) is 36.4 Å². The Hall–Kier alpha value is -1.18. The molecule has 1 fully saturated rings. The first-order valence-electron chi connectivity index (χ1n) is 8.29. The van der Waals surface area contributed by atoms with Crippen molar-refractivity contribution in [3.8, 4) is 0 Å². The Kier molecular flexibility index (Phi) is 7.87. The molecule has 15 nitrogen and oxygen atoms in total. The lowest BCUT2D eigenvalue weighted by Gasteiger charge is -2.37. The fraction of sp³-hybridized carbons (Fsp3) is 0.462. The van der Waals surface area contributed by atoms with Crippen molar-refractivity contribution in [2.75, 3.05) is 6.61 Å². The molecule has 0 radical (unpaired) electrons. The smallest absolute Gasteiger partial charge is 0.390 e. The number of amides is 1. The van der Waals surface area contributed by atoms with Gasteiger partial charge in [-0.05, 0) is 6.92 Å². The first-order chi connectivity index (χ1) is 14.1. The molecule has 31 heavy (non-hydrogen) atoms. The summed E-state index contributed by atoms with van der Waals surface area (Å²) in [6.45, 7) is 8.01. The Morgan fingerprint density at radius 1 is 1.23 bits per heavy atom. The van der Waals surface area contributed by atoms with E-state index in [0.717, 1.165) is 4.90 Å². The number of carbonyl (C=O) groups excluding carboxylic acids is 1. The first-order valence-corrected chi connectivity index (χ1v) is 12.8. The van der Waals surface area contributed by atoms with E-state index in [2.05, 4.69) is 26.3 Å². The summed E-state index contributed by atoms with van der Waals surface area (Å²) >= 11 is 0. The van der Waals surface area contributed by atoms with Gasteiger partial charge in [0.05, 0.1) is 12.7 Å². The third-order valence-electron chi connectivity index (χ3n) is 3.98. The van der Waals surface area contributed by atoms with Gasteiger partial charge in [-0.15, -0.1) is 0 Å². The topological polar surface area (TPSA) is 213 Å². The molecular formula is C13H21N2O13P3. The molecule has 2 rings (SSSR count). The second kappa shape index (κ2) is 9.36. The Labute approximate surface area is 176 Å². The number of hydrogen-bond acceptors (Lipinski definition) is 10. The number of ether oxygens (including phenoxy) is 1. The van der Waals surface area contributed by atoms with E-state index < -0.39 is 48.5 Å². The number of aliphatic hydroxyl groups is 1. The van der Waals surface area contributed by atoms with Crippen LogP contribution in [0.4, 0.5) is 0 Å². The summed E-state index contributed by atoms with van der Waals surface area (Å²) < 4.78 is 51.0. The maximum Gasteiger partial charge on any atom is 0.490 e. The summed E-state index contributed by atoms with van der Waals surface area (Å²) in [5.74, 6) is -0.185. The molecule has 5 atom stereocenters. The molecule has 2 aliphatic rings. The van der Waals surface area contributed by atoms with Gasteiger partial charge < -0.3 is 34.3 Å². The van der Waals surface area contributed by atoms with Crippen molar-refractivity contribution in [3.63, 3.8) is 0 Å². The van der Waals surface area contributed by atoms with E-state index in [-0.39, 0.29) is 18.1 Å². The molecule has 0 bridgehead atoms. The molecule has 0 spiro atoms. The zero-order valence-corrected chi connectivity index (χ0v) is 18.6. The second-order valence-corrected chi connectivity index (χ2v) is 10.7. The molecule has 2 heterocycles. The summed E-state index contributed by atoms with van der Waals surface area (Å²) in [6.07, 6.45) is -0.659. The maximum absolute atomic E-state index is 12.1. The van der Waals surface area contributed by atoms with E-state index in [0.29, 0.717) is 5.57 Å². The van der Waals surface area contributed by atoms with Gasteiger partial charge in [0, 0.05) is 24.4 Å². The Morgan fingerprint density at radius 3 is 2.39 bits per heavy atom. The van der Waals surface area contributed by atoms with E-state index in [1.807, 2.05) is 0 Å². The molecule has 0 saturated carbocycles. The summed E-state index contributed by atoms with van der Waals surface area (Å²) in [7, 11) is -16.5. The number of rotatable bonds is 9. The highest BCUT2D eigenvalue weighted by Gasteiger charge is 2.44. The van der Waals surface area contributed by atoms with E-state index in [9.17, 15) is 28.5 Å². The van der Waals surface area contributed by atoms with Crippen LogP contribution in [0.5, 0.6) is 0 Å². The Morgan fingerprint density at radius 2 is 1.84 bits per heavy atom. The molecule has 0 aromatic heterocycles. The summed E-state index contributed by atoms with van der Waals surface area (Å²) in [5, 5.41) is 10.2. The van der Waals surface area contributed by atoms with Crippen molar-refractivity contribution >= 4 is 29.4 Å². The average molecular weight is 506 g/mol. The molecule has 0 aliphatic carbocycles. The quantitative estimate of drug-likeness (QED) is 0.269. The second-order valence-electron chi connectivity index (χ2n) is 6.31. The number of nitrogens with zero attached hydrogens (tertiary/aromatic N) is 2. The maximum atomic E-state index is 12.1. The molecule has 1 amide bonds. The van der Waals surface area contributed by atoms with Gasteiger partial charge in [-0.1, -0.05) is 13.2 Å². The minimum Gasteiger partial charge on any atom is -0.390 e. The monoisotopic (exact) mass is 506 g/mol. The number of hydrogen-bond donors (Lipinski definition) is 5. The van der Waals surface area contributed by atoms with Crippen LogP contribution in [0.15, 0.2) is 37.0 Å². The molecule has 5 N–H and O–H groups in total.